The Bertz CT molecular complexity index is 595. The quantitative estimate of drug-likeness (QED) is 0.500. The van der Waals surface area contributed by atoms with Crippen molar-refractivity contribution in [3.8, 4) is 0 Å². The molecular weight excluding hydrogens is 302 g/mol. The highest BCUT2D eigenvalue weighted by Crippen LogP contribution is 2.37. The van der Waals surface area contributed by atoms with Gasteiger partial charge in [-0.3, -0.25) is 0 Å². The highest BCUT2D eigenvalue weighted by molar-refractivity contribution is 9.10. The van der Waals surface area contributed by atoms with Crippen LogP contribution < -0.4 is 0 Å². The first-order valence-electron chi connectivity index (χ1n) is 6.10. The van der Waals surface area contributed by atoms with Crippen LogP contribution in [0, 0.1) is 0 Å². The molecule has 1 N–H and O–H groups in total. The van der Waals surface area contributed by atoms with Gasteiger partial charge in [0.25, 0.3) is 0 Å². The fraction of sp³-hybridized carbons (Fsp3) is 0.188. The smallest absolute Gasteiger partial charge is 0.0686 e. The number of oxime groups is 1. The lowest BCUT2D eigenvalue weighted by Crippen LogP contribution is -2.32. The third-order valence-electron chi connectivity index (χ3n) is 3.64. The molecule has 19 heavy (non-hydrogen) atoms. The summed E-state index contributed by atoms with van der Waals surface area (Å²) in [5, 5.41) is 12.7. The molecule has 2 nitrogen and oxygen atoms in total. The summed E-state index contributed by atoms with van der Waals surface area (Å²) in [6.07, 6.45) is 0. The van der Waals surface area contributed by atoms with Crippen molar-refractivity contribution in [2.75, 3.05) is 0 Å². The van der Waals surface area contributed by atoms with Gasteiger partial charge in [0.2, 0.25) is 0 Å². The van der Waals surface area contributed by atoms with E-state index in [0.29, 0.717) is 5.71 Å². The average molecular weight is 318 g/mol. The molecule has 0 heterocycles. The fourth-order valence-electron chi connectivity index (χ4n) is 2.30. The molecule has 98 valence electrons. The van der Waals surface area contributed by atoms with Gasteiger partial charge in [0, 0.05) is 4.47 Å². The molecule has 0 saturated carbocycles. The third kappa shape index (κ3) is 2.43. The monoisotopic (exact) mass is 317 g/mol. The van der Waals surface area contributed by atoms with Gasteiger partial charge in [-0.15, -0.1) is 0 Å². The molecule has 3 heteroatoms. The second-order valence-corrected chi connectivity index (χ2v) is 5.51. The first-order chi connectivity index (χ1) is 9.10. The Labute approximate surface area is 121 Å². The maximum atomic E-state index is 9.26. The predicted octanol–water partition coefficient (Wildman–Crippen LogP) is 4.61. The highest BCUT2D eigenvalue weighted by atomic mass is 79.9. The summed E-state index contributed by atoms with van der Waals surface area (Å²) >= 11 is 3.59. The molecule has 0 aromatic heterocycles. The summed E-state index contributed by atoms with van der Waals surface area (Å²) in [7, 11) is 0. The van der Waals surface area contributed by atoms with Crippen molar-refractivity contribution in [1.82, 2.24) is 0 Å². The van der Waals surface area contributed by atoms with E-state index >= 15 is 0 Å². The van der Waals surface area contributed by atoms with Crippen molar-refractivity contribution in [2.24, 2.45) is 5.16 Å². The molecule has 0 aliphatic heterocycles. The van der Waals surface area contributed by atoms with Crippen molar-refractivity contribution in [1.29, 1.82) is 0 Å². The minimum Gasteiger partial charge on any atom is -0.411 e. The van der Waals surface area contributed by atoms with Gasteiger partial charge < -0.3 is 5.21 Å². The van der Waals surface area contributed by atoms with Gasteiger partial charge in [0.1, 0.15) is 0 Å². The van der Waals surface area contributed by atoms with Crippen LogP contribution in [0.15, 0.2) is 64.2 Å². The van der Waals surface area contributed by atoms with Crippen molar-refractivity contribution in [3.63, 3.8) is 0 Å². The van der Waals surface area contributed by atoms with Gasteiger partial charge >= 0.3 is 0 Å². The molecule has 0 amide bonds. The van der Waals surface area contributed by atoms with E-state index in [1.54, 1.807) is 0 Å². The lowest BCUT2D eigenvalue weighted by molar-refractivity contribution is 0.314. The van der Waals surface area contributed by atoms with E-state index in [1.807, 2.05) is 61.5 Å². The number of halogens is 1. The Morgan fingerprint density at radius 3 is 2.21 bits per heavy atom. The van der Waals surface area contributed by atoms with Crippen LogP contribution in [0.4, 0.5) is 0 Å². The molecule has 0 fully saturated rings. The maximum Gasteiger partial charge on any atom is 0.0686 e. The summed E-state index contributed by atoms with van der Waals surface area (Å²) in [6.45, 7) is 3.91. The molecule has 1 unspecified atom stereocenters. The van der Waals surface area contributed by atoms with Crippen molar-refractivity contribution in [2.45, 2.75) is 19.3 Å². The third-order valence-corrected chi connectivity index (χ3v) is 4.33. The molecule has 2 aromatic rings. The van der Waals surface area contributed by atoms with Gasteiger partial charge in [-0.05, 0) is 31.0 Å². The minimum atomic E-state index is -0.462. The normalized spacial score (nSPS) is 15.0. The standard InChI is InChI=1S/C16H16BrNO/c1-12(18-19)16(2,13-8-4-3-5-9-13)14-10-6-7-11-15(14)17/h3-11,19H,1-2H3. The Kier molecular flexibility index (Phi) is 4.05. The fourth-order valence-corrected chi connectivity index (χ4v) is 2.98. The number of hydrogen-bond donors (Lipinski definition) is 1. The molecule has 2 rings (SSSR count). The molecular formula is C16H16BrNO. The Morgan fingerprint density at radius 1 is 1.05 bits per heavy atom. The van der Waals surface area contributed by atoms with E-state index in [4.69, 9.17) is 0 Å². The maximum absolute atomic E-state index is 9.26. The largest absolute Gasteiger partial charge is 0.411 e. The molecule has 0 spiro atoms. The second-order valence-electron chi connectivity index (χ2n) is 4.66. The Balaban J connectivity index is 2.70. The van der Waals surface area contributed by atoms with Gasteiger partial charge in [-0.1, -0.05) is 69.6 Å². The van der Waals surface area contributed by atoms with Crippen LogP contribution in [0.2, 0.25) is 0 Å². The van der Waals surface area contributed by atoms with E-state index in [0.717, 1.165) is 15.6 Å². The van der Waals surface area contributed by atoms with E-state index in [-0.39, 0.29) is 0 Å². The number of nitrogens with zero attached hydrogens (tertiary/aromatic N) is 1. The van der Waals surface area contributed by atoms with E-state index in [2.05, 4.69) is 28.0 Å². The summed E-state index contributed by atoms with van der Waals surface area (Å²) < 4.78 is 1.00. The summed E-state index contributed by atoms with van der Waals surface area (Å²) in [4.78, 5) is 0. The molecule has 0 radical (unpaired) electrons. The number of hydrogen-bond acceptors (Lipinski definition) is 2. The van der Waals surface area contributed by atoms with E-state index in [9.17, 15) is 5.21 Å². The van der Waals surface area contributed by atoms with Crippen LogP contribution in [0.5, 0.6) is 0 Å². The number of benzene rings is 2. The molecule has 1 atom stereocenters. The van der Waals surface area contributed by atoms with Crippen LogP contribution >= 0.6 is 15.9 Å². The molecule has 0 aliphatic rings. The van der Waals surface area contributed by atoms with Crippen LogP contribution in [0.1, 0.15) is 25.0 Å². The first kappa shape index (κ1) is 13.8. The van der Waals surface area contributed by atoms with Crippen molar-refractivity contribution >= 4 is 21.6 Å². The van der Waals surface area contributed by atoms with Crippen LogP contribution in [0.3, 0.4) is 0 Å². The first-order valence-corrected chi connectivity index (χ1v) is 6.89. The topological polar surface area (TPSA) is 32.6 Å². The van der Waals surface area contributed by atoms with E-state index < -0.39 is 5.41 Å². The van der Waals surface area contributed by atoms with Gasteiger partial charge in [0.05, 0.1) is 11.1 Å². The Hall–Kier alpha value is -1.61. The lowest BCUT2D eigenvalue weighted by atomic mass is 9.73. The zero-order valence-electron chi connectivity index (χ0n) is 11.0. The van der Waals surface area contributed by atoms with Gasteiger partial charge in [-0.2, -0.15) is 0 Å². The lowest BCUT2D eigenvalue weighted by Gasteiger charge is -2.31. The van der Waals surface area contributed by atoms with Crippen LogP contribution in [-0.2, 0) is 5.41 Å². The van der Waals surface area contributed by atoms with Crippen molar-refractivity contribution in [3.05, 3.63) is 70.2 Å². The van der Waals surface area contributed by atoms with Crippen molar-refractivity contribution < 1.29 is 5.21 Å². The SMILES string of the molecule is CC(=NO)C(C)(c1ccccc1)c1ccccc1Br. The second kappa shape index (κ2) is 5.57. The minimum absolute atomic E-state index is 0.462. The number of rotatable bonds is 3. The zero-order chi connectivity index (χ0) is 13.9. The summed E-state index contributed by atoms with van der Waals surface area (Å²) in [6, 6.07) is 18.1. The van der Waals surface area contributed by atoms with Gasteiger partial charge in [0.15, 0.2) is 0 Å². The van der Waals surface area contributed by atoms with Crippen LogP contribution in [-0.4, -0.2) is 10.9 Å². The highest BCUT2D eigenvalue weighted by Gasteiger charge is 2.34. The molecule has 0 bridgehead atoms. The predicted molar refractivity (Wildman–Crippen MR) is 81.9 cm³/mol. The molecule has 0 saturated heterocycles. The van der Waals surface area contributed by atoms with E-state index in [1.165, 1.54) is 0 Å². The zero-order valence-corrected chi connectivity index (χ0v) is 12.6. The summed E-state index contributed by atoms with van der Waals surface area (Å²) in [5.41, 5.74) is 2.37. The Morgan fingerprint density at radius 2 is 1.63 bits per heavy atom. The van der Waals surface area contributed by atoms with Crippen LogP contribution in [0.25, 0.3) is 0 Å². The average Bonchev–Trinajstić information content (AvgIpc) is 2.47. The summed E-state index contributed by atoms with van der Waals surface area (Å²) in [5.74, 6) is 0. The molecule has 2 aromatic carbocycles. The molecule has 0 aliphatic carbocycles. The van der Waals surface area contributed by atoms with Gasteiger partial charge in [-0.25, -0.2) is 0 Å².